The molecule has 1 aliphatic heterocycles. The highest BCUT2D eigenvalue weighted by Crippen LogP contribution is 2.49. The lowest BCUT2D eigenvalue weighted by molar-refractivity contribution is -0.121. The van der Waals surface area contributed by atoms with Crippen LogP contribution in [0.25, 0.3) is 0 Å². The molecule has 15 heavy (non-hydrogen) atoms. The molecule has 1 amide bonds. The van der Waals surface area contributed by atoms with Gasteiger partial charge < -0.3 is 10.1 Å². The van der Waals surface area contributed by atoms with Gasteiger partial charge in [0.1, 0.15) is 12.4 Å². The zero-order valence-corrected chi connectivity index (χ0v) is 8.67. The Morgan fingerprint density at radius 2 is 2.20 bits per heavy atom. The fraction of sp³-hybridized carbons (Fsp3) is 0.417. The summed E-state index contributed by atoms with van der Waals surface area (Å²) in [4.78, 5) is 11.9. The van der Waals surface area contributed by atoms with Crippen LogP contribution in [-0.2, 0) is 4.79 Å². The molecule has 0 saturated heterocycles. The number of ether oxygens (including phenoxy) is 1. The average molecular weight is 203 g/mol. The summed E-state index contributed by atoms with van der Waals surface area (Å²) in [7, 11) is 0. The molecule has 0 bridgehead atoms. The summed E-state index contributed by atoms with van der Waals surface area (Å²) in [5.41, 5.74) is 1.71. The lowest BCUT2D eigenvalue weighted by Crippen LogP contribution is -2.26. The van der Waals surface area contributed by atoms with Crippen molar-refractivity contribution >= 4 is 11.6 Å². The molecule has 3 rings (SSSR count). The van der Waals surface area contributed by atoms with Gasteiger partial charge in [-0.2, -0.15) is 0 Å². The number of rotatable bonds is 0. The Balaban J connectivity index is 2.00. The van der Waals surface area contributed by atoms with Gasteiger partial charge in [0.05, 0.1) is 11.1 Å². The number of benzene rings is 1. The molecular weight excluding hydrogens is 190 g/mol. The van der Waals surface area contributed by atoms with Crippen molar-refractivity contribution in [2.75, 3.05) is 11.9 Å². The molecule has 2 aliphatic rings. The van der Waals surface area contributed by atoms with Crippen LogP contribution in [0, 0.1) is 12.3 Å². The largest absolute Gasteiger partial charge is 0.490 e. The molecule has 1 aromatic carbocycles. The normalized spacial score (nSPS) is 21.3. The highest BCUT2D eigenvalue weighted by atomic mass is 16.5. The molecule has 0 aromatic heterocycles. The average Bonchev–Trinajstić information content (AvgIpc) is 2.98. The Bertz CT molecular complexity index is 435. The second-order valence-electron chi connectivity index (χ2n) is 4.52. The molecule has 78 valence electrons. The van der Waals surface area contributed by atoms with Crippen LogP contribution < -0.4 is 10.1 Å². The van der Waals surface area contributed by atoms with Gasteiger partial charge in [0, 0.05) is 0 Å². The second kappa shape index (κ2) is 2.75. The fourth-order valence-corrected chi connectivity index (χ4v) is 1.93. The third-order valence-electron chi connectivity index (χ3n) is 3.22. The summed E-state index contributed by atoms with van der Waals surface area (Å²) < 4.78 is 5.67. The predicted octanol–water partition coefficient (Wildman–Crippen LogP) is 2.11. The third-order valence-corrected chi connectivity index (χ3v) is 3.22. The second-order valence-corrected chi connectivity index (χ2v) is 4.52. The summed E-state index contributed by atoms with van der Waals surface area (Å²) >= 11 is 0. The van der Waals surface area contributed by atoms with Crippen molar-refractivity contribution in [2.24, 2.45) is 5.41 Å². The van der Waals surface area contributed by atoms with Gasteiger partial charge in [0.2, 0.25) is 5.91 Å². The Hall–Kier alpha value is -1.51. The molecule has 0 atom stereocenters. The van der Waals surface area contributed by atoms with Crippen molar-refractivity contribution in [3.8, 4) is 5.75 Å². The van der Waals surface area contributed by atoms with Crippen molar-refractivity contribution in [1.82, 2.24) is 0 Å². The Morgan fingerprint density at radius 1 is 1.40 bits per heavy atom. The van der Waals surface area contributed by atoms with Crippen LogP contribution >= 0.6 is 0 Å². The van der Waals surface area contributed by atoms with E-state index in [4.69, 9.17) is 4.74 Å². The Labute approximate surface area is 88.4 Å². The van der Waals surface area contributed by atoms with Crippen LogP contribution in [0.4, 0.5) is 5.69 Å². The number of nitrogens with one attached hydrogen (secondary N) is 1. The van der Waals surface area contributed by atoms with E-state index in [9.17, 15) is 4.79 Å². The number of aryl methyl sites for hydroxylation is 1. The molecule has 1 aromatic rings. The standard InChI is InChI=1S/C12H13NO2/c1-8-2-3-10-9(6-8)13-11(14)12(4-5-12)7-15-10/h2-3,6H,4-5,7H2,1H3,(H,13,14). The van der Waals surface area contributed by atoms with Crippen LogP contribution in [-0.4, -0.2) is 12.5 Å². The zero-order chi connectivity index (χ0) is 10.5. The molecule has 1 saturated carbocycles. The van der Waals surface area contributed by atoms with Crippen molar-refractivity contribution in [3.63, 3.8) is 0 Å². The smallest absolute Gasteiger partial charge is 0.234 e. The maximum absolute atomic E-state index is 11.9. The number of carbonyl (C=O) groups excluding carboxylic acids is 1. The van der Waals surface area contributed by atoms with E-state index in [1.54, 1.807) is 0 Å². The summed E-state index contributed by atoms with van der Waals surface area (Å²) in [5, 5.41) is 2.95. The van der Waals surface area contributed by atoms with Crippen molar-refractivity contribution in [3.05, 3.63) is 23.8 Å². The third kappa shape index (κ3) is 1.30. The summed E-state index contributed by atoms with van der Waals surface area (Å²) in [5.74, 6) is 0.907. The predicted molar refractivity (Wildman–Crippen MR) is 57.0 cm³/mol. The molecule has 0 radical (unpaired) electrons. The van der Waals surface area contributed by atoms with Crippen molar-refractivity contribution in [1.29, 1.82) is 0 Å². The maximum Gasteiger partial charge on any atom is 0.234 e. The molecule has 3 nitrogen and oxygen atoms in total. The molecule has 1 N–H and O–H groups in total. The minimum Gasteiger partial charge on any atom is -0.490 e. The van der Waals surface area contributed by atoms with Gasteiger partial charge >= 0.3 is 0 Å². The molecule has 1 heterocycles. The Kier molecular flexibility index (Phi) is 1.61. The number of anilines is 1. The van der Waals surface area contributed by atoms with Gasteiger partial charge in [-0.15, -0.1) is 0 Å². The van der Waals surface area contributed by atoms with Gasteiger partial charge in [-0.25, -0.2) is 0 Å². The first kappa shape index (κ1) is 8.77. The van der Waals surface area contributed by atoms with Crippen molar-refractivity contribution < 1.29 is 9.53 Å². The number of amides is 1. The van der Waals surface area contributed by atoms with Crippen LogP contribution in [0.3, 0.4) is 0 Å². The SMILES string of the molecule is Cc1ccc2c(c1)NC(=O)C1(CC1)CO2. The summed E-state index contributed by atoms with van der Waals surface area (Å²) in [6, 6.07) is 5.87. The first-order chi connectivity index (χ1) is 7.20. The molecule has 1 spiro atoms. The minimum absolute atomic E-state index is 0.117. The van der Waals surface area contributed by atoms with E-state index in [1.807, 2.05) is 25.1 Å². The molecule has 3 heteroatoms. The van der Waals surface area contributed by atoms with Crippen LogP contribution in [0.5, 0.6) is 5.75 Å². The van der Waals surface area contributed by atoms with E-state index in [-0.39, 0.29) is 11.3 Å². The summed E-state index contributed by atoms with van der Waals surface area (Å²) in [6.07, 6.45) is 1.90. The van der Waals surface area contributed by atoms with Crippen LogP contribution in [0.15, 0.2) is 18.2 Å². The summed E-state index contributed by atoms with van der Waals surface area (Å²) in [6.45, 7) is 2.53. The highest BCUT2D eigenvalue weighted by molar-refractivity contribution is 5.99. The first-order valence-corrected chi connectivity index (χ1v) is 5.25. The van der Waals surface area contributed by atoms with E-state index in [2.05, 4.69) is 5.32 Å². The lowest BCUT2D eigenvalue weighted by Gasteiger charge is -2.08. The quantitative estimate of drug-likeness (QED) is 0.701. The van der Waals surface area contributed by atoms with E-state index in [0.29, 0.717) is 6.61 Å². The number of hydrogen-bond donors (Lipinski definition) is 1. The first-order valence-electron chi connectivity index (χ1n) is 5.25. The molecule has 1 aliphatic carbocycles. The van der Waals surface area contributed by atoms with Crippen LogP contribution in [0.1, 0.15) is 18.4 Å². The zero-order valence-electron chi connectivity index (χ0n) is 8.67. The highest BCUT2D eigenvalue weighted by Gasteiger charge is 2.52. The maximum atomic E-state index is 11.9. The van der Waals surface area contributed by atoms with E-state index >= 15 is 0 Å². The van der Waals surface area contributed by atoms with Gasteiger partial charge in [0.25, 0.3) is 0 Å². The topological polar surface area (TPSA) is 38.3 Å². The van der Waals surface area contributed by atoms with Gasteiger partial charge in [-0.05, 0) is 37.5 Å². The van der Waals surface area contributed by atoms with Crippen LogP contribution in [0.2, 0.25) is 0 Å². The lowest BCUT2D eigenvalue weighted by atomic mass is 10.1. The number of fused-ring (bicyclic) bond motifs is 1. The monoisotopic (exact) mass is 203 g/mol. The number of hydrogen-bond acceptors (Lipinski definition) is 2. The molecular formula is C12H13NO2. The van der Waals surface area contributed by atoms with Crippen molar-refractivity contribution in [2.45, 2.75) is 19.8 Å². The van der Waals surface area contributed by atoms with Gasteiger partial charge in [0.15, 0.2) is 0 Å². The van der Waals surface area contributed by atoms with E-state index < -0.39 is 0 Å². The molecule has 1 fully saturated rings. The van der Waals surface area contributed by atoms with E-state index in [1.165, 1.54) is 0 Å². The molecule has 0 unspecified atom stereocenters. The number of carbonyl (C=O) groups is 1. The van der Waals surface area contributed by atoms with E-state index in [0.717, 1.165) is 29.8 Å². The van der Waals surface area contributed by atoms with Gasteiger partial charge in [-0.3, -0.25) is 4.79 Å². The minimum atomic E-state index is -0.229. The Morgan fingerprint density at radius 3 is 2.93 bits per heavy atom. The fourth-order valence-electron chi connectivity index (χ4n) is 1.93. The van der Waals surface area contributed by atoms with Gasteiger partial charge in [-0.1, -0.05) is 6.07 Å².